The summed E-state index contributed by atoms with van der Waals surface area (Å²) in [5.41, 5.74) is -0.924. The SMILES string of the molecule is CCC(C)(C)C(=O)NCCOOCC1CCCCC1C(=O)O.CCC(C)(C)C(=O)OCCOOCc1cc(C(=O)O)ccc1C(=O)O. The van der Waals surface area contributed by atoms with Crippen molar-refractivity contribution in [3.05, 3.63) is 34.9 Å². The monoisotopic (exact) mass is 669 g/mol. The summed E-state index contributed by atoms with van der Waals surface area (Å²) >= 11 is 0. The second-order valence-electron chi connectivity index (χ2n) is 12.5. The molecule has 14 heteroatoms. The van der Waals surface area contributed by atoms with E-state index in [9.17, 15) is 24.0 Å². The summed E-state index contributed by atoms with van der Waals surface area (Å²) in [6.45, 7) is 11.8. The molecule has 1 fully saturated rings. The lowest BCUT2D eigenvalue weighted by Crippen LogP contribution is -2.38. The Balaban J connectivity index is 0.000000474. The zero-order valence-electron chi connectivity index (χ0n) is 28.3. The van der Waals surface area contributed by atoms with Crippen LogP contribution in [-0.2, 0) is 45.3 Å². The van der Waals surface area contributed by atoms with Crippen molar-refractivity contribution < 1.29 is 63.6 Å². The van der Waals surface area contributed by atoms with Gasteiger partial charge in [0.15, 0.2) is 0 Å². The molecule has 0 bridgehead atoms. The number of carboxylic acid groups (broad SMARTS) is 3. The lowest BCUT2D eigenvalue weighted by atomic mass is 9.80. The number of aliphatic carboxylic acids is 1. The van der Waals surface area contributed by atoms with Gasteiger partial charge in [0.05, 0.1) is 35.7 Å². The fourth-order valence-corrected chi connectivity index (χ4v) is 4.26. The maximum atomic E-state index is 11.8. The topological polar surface area (TPSA) is 204 Å². The highest BCUT2D eigenvalue weighted by molar-refractivity contribution is 5.93. The number of carbonyl (C=O) groups excluding carboxylic acids is 2. The first-order valence-corrected chi connectivity index (χ1v) is 15.8. The van der Waals surface area contributed by atoms with Crippen molar-refractivity contribution in [2.45, 2.75) is 86.7 Å². The fourth-order valence-electron chi connectivity index (χ4n) is 4.26. The molecule has 1 aliphatic carbocycles. The van der Waals surface area contributed by atoms with Crippen LogP contribution in [0.25, 0.3) is 0 Å². The van der Waals surface area contributed by atoms with Gasteiger partial charge in [-0.15, -0.1) is 0 Å². The van der Waals surface area contributed by atoms with Gasteiger partial charge in [0, 0.05) is 12.0 Å². The Bertz CT molecular complexity index is 1180. The van der Waals surface area contributed by atoms with Crippen molar-refractivity contribution >= 4 is 29.8 Å². The third kappa shape index (κ3) is 14.8. The van der Waals surface area contributed by atoms with E-state index in [-0.39, 0.29) is 72.2 Å². The van der Waals surface area contributed by atoms with Gasteiger partial charge in [0.2, 0.25) is 5.91 Å². The summed E-state index contributed by atoms with van der Waals surface area (Å²) in [6.07, 6.45) is 5.00. The maximum Gasteiger partial charge on any atom is 0.336 e. The smallest absolute Gasteiger partial charge is 0.336 e. The first kappa shape index (κ1) is 41.4. The molecule has 1 saturated carbocycles. The molecule has 1 aromatic carbocycles. The molecular formula is C33H51NO13. The first-order valence-electron chi connectivity index (χ1n) is 15.8. The summed E-state index contributed by atoms with van der Waals surface area (Å²) < 4.78 is 5.05. The summed E-state index contributed by atoms with van der Waals surface area (Å²) in [5.74, 6) is -3.79. The minimum atomic E-state index is -1.20. The molecule has 0 spiro atoms. The normalized spacial score (nSPS) is 16.4. The van der Waals surface area contributed by atoms with Crippen LogP contribution in [0.15, 0.2) is 18.2 Å². The third-order valence-electron chi connectivity index (χ3n) is 8.28. The minimum absolute atomic E-state index is 0.00294. The van der Waals surface area contributed by atoms with Gasteiger partial charge in [-0.2, -0.15) is 0 Å². The second kappa shape index (κ2) is 20.6. The van der Waals surface area contributed by atoms with Crippen molar-refractivity contribution in [1.29, 1.82) is 0 Å². The summed E-state index contributed by atoms with van der Waals surface area (Å²) in [5, 5.41) is 30.0. The van der Waals surface area contributed by atoms with Gasteiger partial charge in [-0.05, 0) is 69.2 Å². The first-order chi connectivity index (χ1) is 22.1. The minimum Gasteiger partial charge on any atom is -0.481 e. The van der Waals surface area contributed by atoms with Gasteiger partial charge in [0.25, 0.3) is 0 Å². The van der Waals surface area contributed by atoms with E-state index in [1.807, 2.05) is 27.7 Å². The summed E-state index contributed by atoms with van der Waals surface area (Å²) in [6, 6.07) is 3.60. The molecule has 1 amide bonds. The molecule has 0 saturated heterocycles. The molecule has 0 aliphatic heterocycles. The van der Waals surface area contributed by atoms with Crippen molar-refractivity contribution in [1.82, 2.24) is 5.32 Å². The number of aromatic carboxylic acids is 2. The molecule has 2 atom stereocenters. The molecule has 0 aromatic heterocycles. The van der Waals surface area contributed by atoms with Crippen LogP contribution in [0, 0.1) is 22.7 Å². The van der Waals surface area contributed by atoms with Crippen LogP contribution in [0.2, 0.25) is 0 Å². The van der Waals surface area contributed by atoms with Crippen molar-refractivity contribution in [2.24, 2.45) is 22.7 Å². The van der Waals surface area contributed by atoms with Crippen LogP contribution >= 0.6 is 0 Å². The molecule has 1 aliphatic rings. The average Bonchev–Trinajstić information content (AvgIpc) is 3.04. The van der Waals surface area contributed by atoms with Gasteiger partial charge in [0.1, 0.15) is 19.8 Å². The lowest BCUT2D eigenvalue weighted by molar-refractivity contribution is -0.307. The van der Waals surface area contributed by atoms with Crippen LogP contribution in [0.1, 0.15) is 106 Å². The highest BCUT2D eigenvalue weighted by atomic mass is 17.2. The molecule has 2 unspecified atom stereocenters. The lowest BCUT2D eigenvalue weighted by Gasteiger charge is -2.27. The summed E-state index contributed by atoms with van der Waals surface area (Å²) in [4.78, 5) is 76.7. The van der Waals surface area contributed by atoms with E-state index in [0.29, 0.717) is 26.0 Å². The highest BCUT2D eigenvalue weighted by Crippen LogP contribution is 2.30. The number of nitrogens with one attached hydrogen (secondary N) is 1. The number of hydrogen-bond acceptors (Lipinski definition) is 10. The van der Waals surface area contributed by atoms with Crippen molar-refractivity contribution in [2.75, 3.05) is 33.0 Å². The van der Waals surface area contributed by atoms with E-state index < -0.39 is 23.3 Å². The molecular weight excluding hydrogens is 618 g/mol. The predicted molar refractivity (Wildman–Crippen MR) is 168 cm³/mol. The Hall–Kier alpha value is -3.59. The van der Waals surface area contributed by atoms with Crippen LogP contribution in [0.5, 0.6) is 0 Å². The van der Waals surface area contributed by atoms with Crippen LogP contribution < -0.4 is 5.32 Å². The van der Waals surface area contributed by atoms with Gasteiger partial charge >= 0.3 is 23.9 Å². The van der Waals surface area contributed by atoms with Gasteiger partial charge in [-0.1, -0.05) is 40.5 Å². The Morgan fingerprint density at radius 1 is 0.809 bits per heavy atom. The molecule has 4 N–H and O–H groups in total. The number of benzene rings is 1. The Labute approximate surface area is 275 Å². The van der Waals surface area contributed by atoms with Gasteiger partial charge in [-0.25, -0.2) is 29.1 Å². The Morgan fingerprint density at radius 3 is 2.04 bits per heavy atom. The van der Waals surface area contributed by atoms with Crippen LogP contribution in [0.4, 0.5) is 0 Å². The fraction of sp³-hybridized carbons (Fsp3) is 0.667. The number of hydrogen-bond donors (Lipinski definition) is 4. The summed E-state index contributed by atoms with van der Waals surface area (Å²) in [7, 11) is 0. The number of esters is 1. The Morgan fingerprint density at radius 2 is 1.45 bits per heavy atom. The number of amides is 1. The molecule has 0 radical (unpaired) electrons. The zero-order chi connectivity index (χ0) is 35.6. The molecule has 1 aromatic rings. The Kier molecular flexibility index (Phi) is 18.2. The second-order valence-corrected chi connectivity index (χ2v) is 12.5. The standard InChI is InChI=1S/C17H22O8.C16H29NO5/c1-4-17(2,3)16(22)23-7-8-24-25-10-12-9-11(14(18)19)5-6-13(12)15(20)21;1-4-16(2,3)15(20)17-9-10-21-22-11-12-7-5-6-8-13(12)14(18)19/h5-6,9H,4,7-8,10H2,1-3H3,(H,18,19)(H,20,21);12-13H,4-11H2,1-3H3,(H,17,20)(H,18,19). The number of rotatable bonds is 19. The number of ether oxygens (including phenoxy) is 1. The van der Waals surface area contributed by atoms with Crippen LogP contribution in [0.3, 0.4) is 0 Å². The highest BCUT2D eigenvalue weighted by Gasteiger charge is 2.31. The molecule has 2 rings (SSSR count). The van der Waals surface area contributed by atoms with Crippen molar-refractivity contribution in [3.8, 4) is 0 Å². The maximum absolute atomic E-state index is 11.8. The third-order valence-corrected chi connectivity index (χ3v) is 8.28. The molecule has 266 valence electrons. The molecule has 0 heterocycles. The van der Waals surface area contributed by atoms with E-state index in [1.165, 1.54) is 18.2 Å². The number of carbonyl (C=O) groups is 5. The molecule has 14 nitrogen and oxygen atoms in total. The largest absolute Gasteiger partial charge is 0.481 e. The van der Waals surface area contributed by atoms with E-state index in [1.54, 1.807) is 13.8 Å². The predicted octanol–water partition coefficient (Wildman–Crippen LogP) is 4.89. The van der Waals surface area contributed by atoms with E-state index in [4.69, 9.17) is 39.6 Å². The van der Waals surface area contributed by atoms with E-state index >= 15 is 0 Å². The average molecular weight is 670 g/mol. The number of carboxylic acids is 3. The van der Waals surface area contributed by atoms with E-state index in [2.05, 4.69) is 5.32 Å². The molecule has 47 heavy (non-hydrogen) atoms. The van der Waals surface area contributed by atoms with Crippen LogP contribution in [-0.4, -0.2) is 78.1 Å². The quantitative estimate of drug-likeness (QED) is 0.0671. The van der Waals surface area contributed by atoms with Gasteiger partial charge in [-0.3, -0.25) is 14.4 Å². The van der Waals surface area contributed by atoms with Gasteiger partial charge < -0.3 is 25.4 Å². The van der Waals surface area contributed by atoms with Crippen molar-refractivity contribution in [3.63, 3.8) is 0 Å². The zero-order valence-corrected chi connectivity index (χ0v) is 28.3. The van der Waals surface area contributed by atoms with E-state index in [0.717, 1.165) is 25.7 Å².